The second-order valence-corrected chi connectivity index (χ2v) is 7.54. The van der Waals surface area contributed by atoms with E-state index in [1.54, 1.807) is 36.9 Å². The van der Waals surface area contributed by atoms with Crippen LogP contribution in [0.15, 0.2) is 97.6 Å². The number of aldehydes is 1. The monoisotopic (exact) mass is 458 g/mol. The van der Waals surface area contributed by atoms with E-state index in [1.807, 2.05) is 67.7 Å². The van der Waals surface area contributed by atoms with Gasteiger partial charge in [-0.15, -0.1) is 0 Å². The summed E-state index contributed by atoms with van der Waals surface area (Å²) >= 11 is 0. The zero-order chi connectivity index (χ0) is 24.5. The first kappa shape index (κ1) is 23.4. The van der Waals surface area contributed by atoms with Gasteiger partial charge in [0.05, 0.1) is 17.4 Å². The Balaban J connectivity index is 0.000000172. The highest BCUT2D eigenvalue weighted by molar-refractivity contribution is 6.33. The Kier molecular flexibility index (Phi) is 7.65. The normalized spacial score (nSPS) is 10.1. The molecule has 170 valence electrons. The molecule has 35 heavy (non-hydrogen) atoms. The Morgan fingerprint density at radius 2 is 1.51 bits per heavy atom. The Bertz CT molecular complexity index is 1390. The van der Waals surface area contributed by atoms with Crippen LogP contribution in [0.2, 0.25) is 0 Å². The fraction of sp³-hybridized carbons (Fsp3) is 0.0370. The zero-order valence-corrected chi connectivity index (χ0v) is 19.1. The van der Waals surface area contributed by atoms with Crippen LogP contribution in [-0.2, 0) is 0 Å². The van der Waals surface area contributed by atoms with Gasteiger partial charge in [-0.05, 0) is 60.7 Å². The van der Waals surface area contributed by atoms with Crippen LogP contribution >= 0.6 is 0 Å². The van der Waals surface area contributed by atoms with Crippen molar-refractivity contribution in [2.24, 2.45) is 0 Å². The Labute approximate surface area is 205 Å². The molecule has 0 saturated carbocycles. The van der Waals surface area contributed by atoms with Gasteiger partial charge in [0.1, 0.15) is 20.0 Å². The van der Waals surface area contributed by atoms with Crippen molar-refractivity contribution < 1.29 is 4.79 Å². The Morgan fingerprint density at radius 3 is 2.20 bits per heavy atom. The van der Waals surface area contributed by atoms with Crippen molar-refractivity contribution in [3.8, 4) is 0 Å². The number of aromatic nitrogens is 3. The predicted octanol–water partition coefficient (Wildman–Crippen LogP) is 4.85. The topological polar surface area (TPSA) is 91.8 Å². The number of nitrogens with one attached hydrogen (secondary N) is 3. The van der Waals surface area contributed by atoms with Gasteiger partial charge in [-0.25, -0.2) is 4.98 Å². The molecule has 3 aromatic heterocycles. The second kappa shape index (κ2) is 11.4. The summed E-state index contributed by atoms with van der Waals surface area (Å²) in [5.74, 6) is 0.857. The molecular formula is C27H23BN6O. The maximum Gasteiger partial charge on any atom is 0.150 e. The van der Waals surface area contributed by atoms with Gasteiger partial charge in [0.2, 0.25) is 0 Å². The molecule has 0 aliphatic carbocycles. The molecule has 0 aliphatic rings. The molecular weight excluding hydrogens is 435 g/mol. The number of anilines is 5. The number of fused-ring (bicyclic) bond motifs is 1. The van der Waals surface area contributed by atoms with Crippen LogP contribution in [0.3, 0.4) is 0 Å². The van der Waals surface area contributed by atoms with Crippen molar-refractivity contribution in [1.29, 1.82) is 0 Å². The predicted molar refractivity (Wildman–Crippen MR) is 144 cm³/mol. The number of hydrogen-bond acceptors (Lipinski definition) is 7. The summed E-state index contributed by atoms with van der Waals surface area (Å²) in [5, 5.41) is 10.5. The number of nitrogens with zero attached hydrogens (tertiary/aromatic N) is 3. The Morgan fingerprint density at radius 1 is 0.771 bits per heavy atom. The summed E-state index contributed by atoms with van der Waals surface area (Å²) in [6.45, 7) is 0. The van der Waals surface area contributed by atoms with E-state index in [4.69, 9.17) is 7.85 Å². The fourth-order valence-corrected chi connectivity index (χ4v) is 3.29. The van der Waals surface area contributed by atoms with Gasteiger partial charge in [0.15, 0.2) is 0 Å². The van der Waals surface area contributed by atoms with Crippen LogP contribution in [0.4, 0.5) is 28.6 Å². The van der Waals surface area contributed by atoms with Crippen molar-refractivity contribution in [2.45, 2.75) is 0 Å². The summed E-state index contributed by atoms with van der Waals surface area (Å²) in [7, 11) is 7.68. The van der Waals surface area contributed by atoms with Crippen LogP contribution in [0.5, 0.6) is 0 Å². The summed E-state index contributed by atoms with van der Waals surface area (Å²) in [5.41, 5.74) is 6.04. The number of pyridine rings is 3. The lowest BCUT2D eigenvalue weighted by Gasteiger charge is -2.10. The number of carbonyl (C=O) groups is 1. The number of rotatable bonds is 6. The van der Waals surface area contributed by atoms with Gasteiger partial charge >= 0.3 is 0 Å². The standard InChI is InChI=1S/C16H11BN2O.C11H12N4/c17-12-3-6-15-14(9-12)16(7-8-18-15)19-13-4-1-11(10-20)2-5-13;1-12-11-3-2-10(8-14-11)15-9-4-6-13-7-5-9/h1-10H,(H,18,19);2-8H,1H3,(H,12,14)(H,13,15). The highest BCUT2D eigenvalue weighted by atomic mass is 16.1. The molecule has 2 aromatic carbocycles. The average molecular weight is 458 g/mol. The molecule has 0 aliphatic heterocycles. The molecule has 8 heteroatoms. The van der Waals surface area contributed by atoms with Crippen LogP contribution in [-0.4, -0.2) is 36.1 Å². The number of carbonyl (C=O) groups excluding carboxylic acids is 1. The van der Waals surface area contributed by atoms with E-state index < -0.39 is 0 Å². The number of benzene rings is 2. The van der Waals surface area contributed by atoms with Crippen molar-refractivity contribution in [1.82, 2.24) is 15.0 Å². The fourth-order valence-electron chi connectivity index (χ4n) is 3.29. The molecule has 0 saturated heterocycles. The number of hydrogen-bond donors (Lipinski definition) is 3. The molecule has 2 radical (unpaired) electrons. The average Bonchev–Trinajstić information content (AvgIpc) is 2.91. The van der Waals surface area contributed by atoms with Crippen molar-refractivity contribution in [3.05, 3.63) is 103 Å². The highest BCUT2D eigenvalue weighted by Gasteiger charge is 2.03. The minimum absolute atomic E-state index is 0.652. The molecule has 0 amide bonds. The van der Waals surface area contributed by atoms with E-state index >= 15 is 0 Å². The Hall–Kier alpha value is -4.72. The van der Waals surface area contributed by atoms with E-state index in [2.05, 4.69) is 30.9 Å². The molecule has 0 bridgehead atoms. The lowest BCUT2D eigenvalue weighted by molar-refractivity contribution is 0.112. The van der Waals surface area contributed by atoms with Gasteiger partial charge in [0, 0.05) is 53.7 Å². The van der Waals surface area contributed by atoms with E-state index in [0.717, 1.165) is 45.8 Å². The van der Waals surface area contributed by atoms with Gasteiger partial charge in [-0.1, -0.05) is 17.6 Å². The molecule has 0 fully saturated rings. The molecule has 5 rings (SSSR count). The van der Waals surface area contributed by atoms with E-state index in [9.17, 15) is 4.79 Å². The molecule has 0 atom stereocenters. The first-order valence-corrected chi connectivity index (χ1v) is 10.9. The van der Waals surface area contributed by atoms with Gasteiger partial charge in [-0.2, -0.15) is 0 Å². The van der Waals surface area contributed by atoms with E-state index in [-0.39, 0.29) is 0 Å². The highest BCUT2D eigenvalue weighted by Crippen LogP contribution is 2.24. The lowest BCUT2D eigenvalue weighted by atomic mass is 9.94. The van der Waals surface area contributed by atoms with Gasteiger partial charge in [0.25, 0.3) is 0 Å². The minimum atomic E-state index is 0.652. The summed E-state index contributed by atoms with van der Waals surface area (Å²) < 4.78 is 0. The third kappa shape index (κ3) is 6.42. The van der Waals surface area contributed by atoms with Crippen molar-refractivity contribution in [3.63, 3.8) is 0 Å². The molecule has 3 N–H and O–H groups in total. The quantitative estimate of drug-likeness (QED) is 0.248. The van der Waals surface area contributed by atoms with Crippen LogP contribution in [0.1, 0.15) is 10.4 Å². The minimum Gasteiger partial charge on any atom is -0.373 e. The zero-order valence-electron chi connectivity index (χ0n) is 19.1. The molecule has 0 unspecified atom stereocenters. The third-order valence-electron chi connectivity index (χ3n) is 5.08. The SMILES string of the molecule is CNc1ccc(Nc2ccncc2)cn1.[B]c1ccc2nccc(Nc3ccc(C=O)cc3)c2c1. The van der Waals surface area contributed by atoms with Crippen LogP contribution in [0.25, 0.3) is 10.9 Å². The third-order valence-corrected chi connectivity index (χ3v) is 5.08. The van der Waals surface area contributed by atoms with Crippen LogP contribution in [0, 0.1) is 0 Å². The van der Waals surface area contributed by atoms with Crippen LogP contribution < -0.4 is 21.4 Å². The van der Waals surface area contributed by atoms with E-state index in [0.29, 0.717) is 11.0 Å². The second-order valence-electron chi connectivity index (χ2n) is 7.54. The first-order chi connectivity index (χ1) is 17.1. The molecule has 0 spiro atoms. The lowest BCUT2D eigenvalue weighted by Crippen LogP contribution is -2.02. The largest absolute Gasteiger partial charge is 0.373 e. The first-order valence-electron chi connectivity index (χ1n) is 10.9. The maximum atomic E-state index is 10.6. The van der Waals surface area contributed by atoms with Crippen molar-refractivity contribution in [2.75, 3.05) is 23.0 Å². The van der Waals surface area contributed by atoms with Crippen molar-refractivity contribution >= 4 is 59.1 Å². The molecule has 3 heterocycles. The molecule has 7 nitrogen and oxygen atoms in total. The summed E-state index contributed by atoms with van der Waals surface area (Å²) in [6.07, 6.45) is 7.86. The van der Waals surface area contributed by atoms with Gasteiger partial charge in [-0.3, -0.25) is 14.8 Å². The molecule has 5 aromatic rings. The smallest absolute Gasteiger partial charge is 0.150 e. The summed E-state index contributed by atoms with van der Waals surface area (Å²) in [6, 6.07) is 22.5. The van der Waals surface area contributed by atoms with E-state index in [1.165, 1.54) is 0 Å². The maximum absolute atomic E-state index is 10.6. The van der Waals surface area contributed by atoms with Gasteiger partial charge < -0.3 is 16.0 Å². The summed E-state index contributed by atoms with van der Waals surface area (Å²) in [4.78, 5) is 23.1.